The number of benzene rings is 2. The van der Waals surface area contributed by atoms with Crippen molar-refractivity contribution in [3.8, 4) is 0 Å². The van der Waals surface area contributed by atoms with Crippen LogP contribution in [0.25, 0.3) is 10.9 Å². The minimum absolute atomic E-state index is 0.106. The van der Waals surface area contributed by atoms with Crippen molar-refractivity contribution in [3.63, 3.8) is 0 Å². The predicted octanol–water partition coefficient (Wildman–Crippen LogP) is 3.23. The summed E-state index contributed by atoms with van der Waals surface area (Å²) >= 11 is 0. The molecule has 1 aromatic heterocycles. The highest BCUT2D eigenvalue weighted by atomic mass is 16.1. The van der Waals surface area contributed by atoms with E-state index in [-0.39, 0.29) is 5.91 Å². The molecule has 1 N–H and O–H groups in total. The Bertz CT molecular complexity index is 820. The first-order valence-corrected chi connectivity index (χ1v) is 7.53. The molecule has 4 heteroatoms. The zero-order valence-electron chi connectivity index (χ0n) is 13.3. The van der Waals surface area contributed by atoms with Gasteiger partial charge in [0, 0.05) is 37.9 Å². The SMILES string of the molecule is CN(C)c1ccc(CNC(=O)c2cccc3cccnc23)cc1. The van der Waals surface area contributed by atoms with Crippen LogP contribution in [0.3, 0.4) is 0 Å². The lowest BCUT2D eigenvalue weighted by molar-refractivity contribution is 0.0952. The maximum absolute atomic E-state index is 12.4. The zero-order valence-corrected chi connectivity index (χ0v) is 13.3. The highest BCUT2D eigenvalue weighted by Gasteiger charge is 2.10. The summed E-state index contributed by atoms with van der Waals surface area (Å²) in [4.78, 5) is 18.8. The number of para-hydroxylation sites is 1. The molecule has 0 saturated heterocycles. The second kappa shape index (κ2) is 6.48. The number of rotatable bonds is 4. The third-order valence-corrected chi connectivity index (χ3v) is 3.78. The molecule has 1 amide bonds. The highest BCUT2D eigenvalue weighted by Crippen LogP contribution is 2.16. The van der Waals surface area contributed by atoms with Gasteiger partial charge >= 0.3 is 0 Å². The molecule has 4 nitrogen and oxygen atoms in total. The van der Waals surface area contributed by atoms with Crippen LogP contribution in [0.1, 0.15) is 15.9 Å². The number of hydrogen-bond donors (Lipinski definition) is 1. The number of nitrogens with zero attached hydrogens (tertiary/aromatic N) is 2. The molecule has 0 aliphatic rings. The molecule has 116 valence electrons. The first kappa shape index (κ1) is 15.0. The van der Waals surface area contributed by atoms with Gasteiger partial charge in [0.15, 0.2) is 0 Å². The van der Waals surface area contributed by atoms with Gasteiger partial charge in [0.2, 0.25) is 0 Å². The summed E-state index contributed by atoms with van der Waals surface area (Å²) in [7, 11) is 4.01. The van der Waals surface area contributed by atoms with E-state index >= 15 is 0 Å². The number of aromatic nitrogens is 1. The quantitative estimate of drug-likeness (QED) is 0.805. The van der Waals surface area contributed by atoms with Crippen molar-refractivity contribution in [2.75, 3.05) is 19.0 Å². The number of hydrogen-bond acceptors (Lipinski definition) is 3. The maximum atomic E-state index is 12.4. The molecule has 0 saturated carbocycles. The number of fused-ring (bicyclic) bond motifs is 1. The van der Waals surface area contributed by atoms with Gasteiger partial charge in [-0.1, -0.05) is 30.3 Å². The van der Waals surface area contributed by atoms with E-state index in [1.807, 2.05) is 67.5 Å². The van der Waals surface area contributed by atoms with Crippen LogP contribution < -0.4 is 10.2 Å². The van der Waals surface area contributed by atoms with Gasteiger partial charge < -0.3 is 10.2 Å². The second-order valence-electron chi connectivity index (χ2n) is 5.62. The largest absolute Gasteiger partial charge is 0.378 e. The molecule has 0 aliphatic heterocycles. The predicted molar refractivity (Wildman–Crippen MR) is 93.7 cm³/mol. The Hall–Kier alpha value is -2.88. The molecule has 0 atom stereocenters. The first-order chi connectivity index (χ1) is 11.1. The maximum Gasteiger partial charge on any atom is 0.253 e. The number of pyridine rings is 1. The van der Waals surface area contributed by atoms with Crippen LogP contribution in [0, 0.1) is 0 Å². The van der Waals surface area contributed by atoms with Gasteiger partial charge in [-0.2, -0.15) is 0 Å². The highest BCUT2D eigenvalue weighted by molar-refractivity contribution is 6.05. The fourth-order valence-electron chi connectivity index (χ4n) is 2.48. The van der Waals surface area contributed by atoms with Crippen LogP contribution in [0.5, 0.6) is 0 Å². The van der Waals surface area contributed by atoms with E-state index in [2.05, 4.69) is 10.3 Å². The van der Waals surface area contributed by atoms with Crippen molar-refractivity contribution in [1.29, 1.82) is 0 Å². The number of amides is 1. The summed E-state index contributed by atoms with van der Waals surface area (Å²) in [6, 6.07) is 17.6. The van der Waals surface area contributed by atoms with E-state index < -0.39 is 0 Å². The number of anilines is 1. The van der Waals surface area contributed by atoms with Gasteiger partial charge in [-0.05, 0) is 29.8 Å². The Labute approximate surface area is 135 Å². The molecular formula is C19H19N3O. The summed E-state index contributed by atoms with van der Waals surface area (Å²) in [6.45, 7) is 0.496. The fourth-order valence-corrected chi connectivity index (χ4v) is 2.48. The number of carbonyl (C=O) groups is 1. The molecule has 0 fully saturated rings. The molecule has 1 heterocycles. The Morgan fingerprint density at radius 2 is 1.78 bits per heavy atom. The first-order valence-electron chi connectivity index (χ1n) is 7.53. The summed E-state index contributed by atoms with van der Waals surface area (Å²) in [5.41, 5.74) is 3.54. The third-order valence-electron chi connectivity index (χ3n) is 3.78. The molecule has 2 aromatic carbocycles. The smallest absolute Gasteiger partial charge is 0.253 e. The van der Waals surface area contributed by atoms with Crippen molar-refractivity contribution in [3.05, 3.63) is 71.9 Å². The molecule has 3 rings (SSSR count). The Kier molecular flexibility index (Phi) is 4.24. The molecule has 0 radical (unpaired) electrons. The third kappa shape index (κ3) is 3.31. The van der Waals surface area contributed by atoms with Crippen LogP contribution in [-0.2, 0) is 6.54 Å². The molecule has 0 spiro atoms. The van der Waals surface area contributed by atoms with Gasteiger partial charge in [0.25, 0.3) is 5.91 Å². The van der Waals surface area contributed by atoms with Crippen LogP contribution in [-0.4, -0.2) is 25.0 Å². The van der Waals surface area contributed by atoms with Crippen molar-refractivity contribution in [2.24, 2.45) is 0 Å². The molecule has 0 aliphatic carbocycles. The van der Waals surface area contributed by atoms with Gasteiger partial charge in [0.1, 0.15) is 0 Å². The summed E-state index contributed by atoms with van der Waals surface area (Å²) < 4.78 is 0. The Morgan fingerprint density at radius 3 is 2.52 bits per heavy atom. The van der Waals surface area contributed by atoms with E-state index in [0.717, 1.165) is 22.2 Å². The minimum atomic E-state index is -0.106. The monoisotopic (exact) mass is 305 g/mol. The fraction of sp³-hybridized carbons (Fsp3) is 0.158. The Morgan fingerprint density at radius 1 is 1.04 bits per heavy atom. The molecule has 23 heavy (non-hydrogen) atoms. The number of carbonyl (C=O) groups excluding carboxylic acids is 1. The van der Waals surface area contributed by atoms with Crippen LogP contribution >= 0.6 is 0 Å². The lowest BCUT2D eigenvalue weighted by Crippen LogP contribution is -2.23. The summed E-state index contributed by atoms with van der Waals surface area (Å²) in [6.07, 6.45) is 1.71. The van der Waals surface area contributed by atoms with Crippen molar-refractivity contribution >= 4 is 22.5 Å². The molecule has 0 unspecified atom stereocenters. The van der Waals surface area contributed by atoms with E-state index in [9.17, 15) is 4.79 Å². The molecular weight excluding hydrogens is 286 g/mol. The van der Waals surface area contributed by atoms with Gasteiger partial charge in [-0.3, -0.25) is 9.78 Å². The van der Waals surface area contributed by atoms with Crippen LogP contribution in [0.4, 0.5) is 5.69 Å². The van der Waals surface area contributed by atoms with Crippen molar-refractivity contribution in [2.45, 2.75) is 6.54 Å². The second-order valence-corrected chi connectivity index (χ2v) is 5.62. The van der Waals surface area contributed by atoms with Gasteiger partial charge in [-0.25, -0.2) is 0 Å². The lowest BCUT2D eigenvalue weighted by atomic mass is 10.1. The van der Waals surface area contributed by atoms with E-state index in [1.54, 1.807) is 12.3 Å². The Balaban J connectivity index is 1.74. The zero-order chi connectivity index (χ0) is 16.2. The van der Waals surface area contributed by atoms with Gasteiger partial charge in [-0.15, -0.1) is 0 Å². The van der Waals surface area contributed by atoms with E-state index in [1.165, 1.54) is 0 Å². The van der Waals surface area contributed by atoms with Crippen LogP contribution in [0.2, 0.25) is 0 Å². The molecule has 0 bridgehead atoms. The van der Waals surface area contributed by atoms with Crippen molar-refractivity contribution < 1.29 is 4.79 Å². The minimum Gasteiger partial charge on any atom is -0.378 e. The van der Waals surface area contributed by atoms with E-state index in [0.29, 0.717) is 12.1 Å². The normalized spacial score (nSPS) is 10.5. The average Bonchev–Trinajstić information content (AvgIpc) is 2.59. The average molecular weight is 305 g/mol. The number of nitrogens with one attached hydrogen (secondary N) is 1. The summed E-state index contributed by atoms with van der Waals surface area (Å²) in [5, 5.41) is 3.93. The van der Waals surface area contributed by atoms with Crippen molar-refractivity contribution in [1.82, 2.24) is 10.3 Å². The standard InChI is InChI=1S/C19H19N3O/c1-22(2)16-10-8-14(9-11-16)13-21-19(23)17-7-3-5-15-6-4-12-20-18(15)17/h3-12H,13H2,1-2H3,(H,21,23). The topological polar surface area (TPSA) is 45.2 Å². The van der Waals surface area contributed by atoms with Gasteiger partial charge in [0.05, 0.1) is 11.1 Å². The van der Waals surface area contributed by atoms with E-state index in [4.69, 9.17) is 0 Å². The molecule has 3 aromatic rings. The lowest BCUT2D eigenvalue weighted by Gasteiger charge is -2.13. The van der Waals surface area contributed by atoms with Crippen LogP contribution in [0.15, 0.2) is 60.8 Å². The summed E-state index contributed by atoms with van der Waals surface area (Å²) in [5.74, 6) is -0.106.